The van der Waals surface area contributed by atoms with Crippen LogP contribution in [0.5, 0.6) is 5.75 Å². The molecule has 3 aromatic rings. The molecule has 1 unspecified atom stereocenters. The molecule has 2 aliphatic rings. The number of benzene rings is 2. The van der Waals surface area contributed by atoms with Gasteiger partial charge in [0.2, 0.25) is 0 Å². The number of methoxy groups -OCH3 is 1. The third-order valence-electron chi connectivity index (χ3n) is 6.53. The Hall–Kier alpha value is -3.84. The molecule has 13 heteroatoms. The zero-order valence-electron chi connectivity index (χ0n) is 21.3. The van der Waals surface area contributed by atoms with Crippen molar-refractivity contribution < 1.29 is 35.3 Å². The molecule has 9 nitrogen and oxygen atoms in total. The van der Waals surface area contributed by atoms with E-state index in [1.807, 2.05) is 42.0 Å². The van der Waals surface area contributed by atoms with Gasteiger partial charge in [0.05, 0.1) is 31.1 Å². The van der Waals surface area contributed by atoms with Gasteiger partial charge in [-0.25, -0.2) is 18.2 Å². The van der Waals surface area contributed by atoms with Crippen molar-refractivity contribution in [1.82, 2.24) is 14.5 Å². The SMILES string of the molecule is COc1cc(/C=C2\CCCN3C2=NOC3(COS(C)(=O)=O)c2cc(F)c(F)c(F)c2)ccc1-n1cnc(C)c1. The lowest BCUT2D eigenvalue weighted by Gasteiger charge is -2.39. The van der Waals surface area contributed by atoms with Crippen molar-refractivity contribution in [1.29, 1.82) is 0 Å². The van der Waals surface area contributed by atoms with Crippen LogP contribution in [0, 0.1) is 24.4 Å². The van der Waals surface area contributed by atoms with Gasteiger partial charge in [0, 0.05) is 18.3 Å². The molecule has 39 heavy (non-hydrogen) atoms. The number of fused-ring (bicyclic) bond motifs is 1. The summed E-state index contributed by atoms with van der Waals surface area (Å²) < 4.78 is 78.4. The standard InChI is InChI=1S/C26H25F3N4O5S/c1-16-13-32(15-30-16)22-7-6-17(10-23(22)36-2)9-18-5-4-8-33-25(18)31-38-26(33,14-37-39(3,34)35)19-11-20(27)24(29)21(28)12-19/h6-7,9-13,15H,4-5,8,14H2,1-3H3/b18-9+. The molecule has 0 amide bonds. The Balaban J connectivity index is 1.52. The Bertz CT molecular complexity index is 1580. The molecule has 2 aromatic carbocycles. The fraction of sp³-hybridized carbons (Fsp3) is 0.308. The van der Waals surface area contributed by atoms with Gasteiger partial charge in [-0.2, -0.15) is 8.42 Å². The fourth-order valence-electron chi connectivity index (χ4n) is 4.70. The average molecular weight is 563 g/mol. The Labute approximate surface area is 223 Å². The Kier molecular flexibility index (Phi) is 6.89. The van der Waals surface area contributed by atoms with Crippen LogP contribution in [0.4, 0.5) is 13.2 Å². The average Bonchev–Trinajstić information content (AvgIpc) is 3.50. The van der Waals surface area contributed by atoms with Gasteiger partial charge < -0.3 is 19.0 Å². The summed E-state index contributed by atoms with van der Waals surface area (Å²) in [7, 11) is -2.41. The molecule has 0 spiro atoms. The highest BCUT2D eigenvalue weighted by atomic mass is 32.2. The van der Waals surface area contributed by atoms with Gasteiger partial charge in [-0.3, -0.25) is 4.18 Å². The van der Waals surface area contributed by atoms with Crippen LogP contribution in [-0.2, 0) is 24.9 Å². The summed E-state index contributed by atoms with van der Waals surface area (Å²) in [6, 6.07) is 7.12. The summed E-state index contributed by atoms with van der Waals surface area (Å²) in [6.07, 6.45) is 7.46. The summed E-state index contributed by atoms with van der Waals surface area (Å²) in [5, 5.41) is 4.18. The molecule has 2 aliphatic heterocycles. The number of hydrogen-bond donors (Lipinski definition) is 0. The number of nitrogens with zero attached hydrogens (tertiary/aromatic N) is 4. The van der Waals surface area contributed by atoms with Crippen LogP contribution >= 0.6 is 0 Å². The first kappa shape index (κ1) is 26.8. The van der Waals surface area contributed by atoms with Crippen LogP contribution in [0.15, 0.2) is 53.6 Å². The molecule has 0 saturated carbocycles. The topological polar surface area (TPSA) is 95.3 Å². The monoisotopic (exact) mass is 562 g/mol. The highest BCUT2D eigenvalue weighted by Crippen LogP contribution is 2.42. The normalized spacial score (nSPS) is 20.1. The van der Waals surface area contributed by atoms with Crippen molar-refractivity contribution in [2.24, 2.45) is 5.16 Å². The first-order chi connectivity index (χ1) is 18.5. The number of ether oxygens (including phenoxy) is 1. The third-order valence-corrected chi connectivity index (χ3v) is 7.07. The van der Waals surface area contributed by atoms with E-state index in [1.165, 1.54) is 0 Å². The van der Waals surface area contributed by atoms with Crippen LogP contribution in [0.2, 0.25) is 0 Å². The second kappa shape index (κ2) is 10.0. The maximum Gasteiger partial charge on any atom is 0.264 e. The number of aromatic nitrogens is 2. The first-order valence-electron chi connectivity index (χ1n) is 11.9. The van der Waals surface area contributed by atoms with E-state index < -0.39 is 39.9 Å². The van der Waals surface area contributed by atoms with E-state index in [9.17, 15) is 21.6 Å². The van der Waals surface area contributed by atoms with Crippen LogP contribution in [0.3, 0.4) is 0 Å². The maximum atomic E-state index is 14.2. The Morgan fingerprint density at radius 1 is 1.18 bits per heavy atom. The van der Waals surface area contributed by atoms with Gasteiger partial charge in [0.25, 0.3) is 15.8 Å². The van der Waals surface area contributed by atoms with Gasteiger partial charge in [-0.1, -0.05) is 11.2 Å². The number of hydrogen-bond acceptors (Lipinski definition) is 8. The molecular formula is C26H25F3N4O5S. The molecule has 206 valence electrons. The largest absolute Gasteiger partial charge is 0.495 e. The smallest absolute Gasteiger partial charge is 0.264 e. The van der Waals surface area contributed by atoms with E-state index in [0.29, 0.717) is 31.0 Å². The van der Waals surface area contributed by atoms with Gasteiger partial charge in [0.15, 0.2) is 23.3 Å². The minimum absolute atomic E-state index is 0.177. The second-order valence-electron chi connectivity index (χ2n) is 9.29. The molecule has 0 N–H and O–H groups in total. The first-order valence-corrected chi connectivity index (χ1v) is 13.8. The summed E-state index contributed by atoms with van der Waals surface area (Å²) in [5.41, 5.74) is 1.16. The highest BCUT2D eigenvalue weighted by Gasteiger charge is 2.51. The minimum atomic E-state index is -3.97. The van der Waals surface area contributed by atoms with Crippen molar-refractivity contribution in [3.63, 3.8) is 0 Å². The van der Waals surface area contributed by atoms with E-state index in [2.05, 4.69) is 10.1 Å². The van der Waals surface area contributed by atoms with Crippen LogP contribution in [0.1, 0.15) is 29.7 Å². The third kappa shape index (κ3) is 5.11. The van der Waals surface area contributed by atoms with E-state index in [0.717, 1.165) is 40.9 Å². The van der Waals surface area contributed by atoms with E-state index in [4.69, 9.17) is 13.8 Å². The summed E-state index contributed by atoms with van der Waals surface area (Å²) >= 11 is 0. The molecule has 5 rings (SSSR count). The van der Waals surface area contributed by atoms with Gasteiger partial charge in [0.1, 0.15) is 12.4 Å². The predicted molar refractivity (Wildman–Crippen MR) is 136 cm³/mol. The Morgan fingerprint density at radius 2 is 1.92 bits per heavy atom. The molecule has 0 radical (unpaired) electrons. The number of imidazole rings is 1. The summed E-state index contributed by atoms with van der Waals surface area (Å²) in [5.74, 6) is -3.61. The molecule has 1 saturated heterocycles. The van der Waals surface area contributed by atoms with Crippen molar-refractivity contribution in [3.05, 3.63) is 82.7 Å². The molecule has 0 bridgehead atoms. The highest BCUT2D eigenvalue weighted by molar-refractivity contribution is 7.85. The number of rotatable bonds is 7. The van der Waals surface area contributed by atoms with Crippen molar-refractivity contribution in [2.75, 3.05) is 26.5 Å². The van der Waals surface area contributed by atoms with Crippen LogP contribution < -0.4 is 4.74 Å². The van der Waals surface area contributed by atoms with Gasteiger partial charge in [-0.15, -0.1) is 0 Å². The summed E-state index contributed by atoms with van der Waals surface area (Å²) in [4.78, 5) is 11.5. The fourth-order valence-corrected chi connectivity index (χ4v) is 5.07. The number of piperidine rings is 1. The van der Waals surface area contributed by atoms with Gasteiger partial charge >= 0.3 is 0 Å². The lowest BCUT2D eigenvalue weighted by atomic mass is 9.94. The van der Waals surface area contributed by atoms with Gasteiger partial charge in [-0.05, 0) is 61.2 Å². The van der Waals surface area contributed by atoms with Crippen molar-refractivity contribution >= 4 is 22.0 Å². The van der Waals surface area contributed by atoms with E-state index >= 15 is 0 Å². The molecular weight excluding hydrogens is 537 g/mol. The van der Waals surface area contributed by atoms with E-state index in [1.54, 1.807) is 18.3 Å². The number of halogens is 3. The molecule has 1 aromatic heterocycles. The zero-order chi connectivity index (χ0) is 27.9. The number of amidine groups is 1. The molecule has 0 aliphatic carbocycles. The predicted octanol–water partition coefficient (Wildman–Crippen LogP) is 4.26. The zero-order valence-corrected chi connectivity index (χ0v) is 22.1. The maximum absolute atomic E-state index is 14.2. The Morgan fingerprint density at radius 3 is 2.56 bits per heavy atom. The second-order valence-corrected chi connectivity index (χ2v) is 10.9. The lowest BCUT2D eigenvalue weighted by molar-refractivity contribution is -0.130. The van der Waals surface area contributed by atoms with E-state index in [-0.39, 0.29) is 5.56 Å². The van der Waals surface area contributed by atoms with Crippen LogP contribution in [0.25, 0.3) is 11.8 Å². The van der Waals surface area contributed by atoms with Crippen molar-refractivity contribution in [3.8, 4) is 11.4 Å². The van der Waals surface area contributed by atoms with Crippen LogP contribution in [-0.4, -0.2) is 55.2 Å². The number of aryl methyl sites for hydroxylation is 1. The molecule has 3 heterocycles. The number of oxime groups is 1. The van der Waals surface area contributed by atoms with Crippen molar-refractivity contribution in [2.45, 2.75) is 25.5 Å². The quantitative estimate of drug-likeness (QED) is 0.314. The minimum Gasteiger partial charge on any atom is -0.495 e. The summed E-state index contributed by atoms with van der Waals surface area (Å²) in [6.45, 7) is 1.53. The lowest BCUT2D eigenvalue weighted by Crippen LogP contribution is -2.52. The molecule has 1 atom stereocenters. The molecule has 1 fully saturated rings.